The van der Waals surface area contributed by atoms with E-state index >= 15 is 0 Å². The average molecular weight is 313 g/mol. The number of nitrogens with zero attached hydrogens (tertiary/aromatic N) is 1. The molecule has 1 N–H and O–H groups in total. The molecule has 0 saturated carbocycles. The number of carbonyl (C=O) groups is 1. The van der Waals surface area contributed by atoms with Gasteiger partial charge in [0.25, 0.3) is 0 Å². The predicted octanol–water partition coefficient (Wildman–Crippen LogP) is 1.11. The molecule has 7 heteroatoms. The molecular formula is C14H19NO5S. The Morgan fingerprint density at radius 1 is 1.38 bits per heavy atom. The average Bonchev–Trinajstić information content (AvgIpc) is 2.47. The normalized spacial score (nSPS) is 20.3. The lowest BCUT2D eigenvalue weighted by atomic mass is 10.1. The third kappa shape index (κ3) is 3.81. The first-order chi connectivity index (χ1) is 9.93. The quantitative estimate of drug-likeness (QED) is 0.880. The molecule has 0 amide bonds. The highest BCUT2D eigenvalue weighted by Gasteiger charge is 2.30. The van der Waals surface area contributed by atoms with E-state index in [1.165, 1.54) is 16.4 Å². The molecular weight excluding hydrogens is 294 g/mol. The second-order valence-corrected chi connectivity index (χ2v) is 7.02. The molecule has 1 saturated heterocycles. The number of hydrogen-bond acceptors (Lipinski definition) is 4. The van der Waals surface area contributed by atoms with Crippen LogP contribution in [0.2, 0.25) is 0 Å². The third-order valence-corrected chi connectivity index (χ3v) is 5.47. The van der Waals surface area contributed by atoms with E-state index in [2.05, 4.69) is 0 Å². The predicted molar refractivity (Wildman–Crippen MR) is 76.6 cm³/mol. The Kier molecular flexibility index (Phi) is 4.97. The Bertz CT molecular complexity index is 596. The monoisotopic (exact) mass is 313 g/mol. The van der Waals surface area contributed by atoms with Crippen LogP contribution >= 0.6 is 0 Å². The number of carboxylic acid groups (broad SMARTS) is 1. The minimum Gasteiger partial charge on any atom is -0.481 e. The van der Waals surface area contributed by atoms with Crippen molar-refractivity contribution in [2.75, 3.05) is 20.2 Å². The van der Waals surface area contributed by atoms with Gasteiger partial charge in [0.15, 0.2) is 0 Å². The van der Waals surface area contributed by atoms with Gasteiger partial charge < -0.3 is 9.84 Å². The fourth-order valence-electron chi connectivity index (χ4n) is 2.42. The number of piperidine rings is 1. The molecule has 0 aromatic heterocycles. The molecule has 0 bridgehead atoms. The van der Waals surface area contributed by atoms with Crippen LogP contribution in [0, 0.1) is 0 Å². The number of hydrogen-bond donors (Lipinski definition) is 1. The van der Waals surface area contributed by atoms with Crippen LogP contribution in [-0.2, 0) is 26.0 Å². The van der Waals surface area contributed by atoms with E-state index in [1.807, 2.05) is 0 Å². The fraction of sp³-hybridized carbons (Fsp3) is 0.500. The van der Waals surface area contributed by atoms with Gasteiger partial charge in [-0.05, 0) is 30.5 Å². The van der Waals surface area contributed by atoms with Crippen molar-refractivity contribution >= 4 is 16.0 Å². The van der Waals surface area contributed by atoms with E-state index in [-0.39, 0.29) is 17.4 Å². The SMILES string of the molecule is COC1CCCN(S(=O)(=O)c2ccc(CC(=O)O)cc2)C1. The number of benzene rings is 1. The maximum Gasteiger partial charge on any atom is 0.307 e. The summed E-state index contributed by atoms with van der Waals surface area (Å²) in [5.74, 6) is -0.940. The van der Waals surface area contributed by atoms with Gasteiger partial charge in [-0.15, -0.1) is 0 Å². The van der Waals surface area contributed by atoms with Crippen LogP contribution in [0.1, 0.15) is 18.4 Å². The summed E-state index contributed by atoms with van der Waals surface area (Å²) in [4.78, 5) is 10.8. The smallest absolute Gasteiger partial charge is 0.307 e. The first-order valence-electron chi connectivity index (χ1n) is 6.77. The van der Waals surface area contributed by atoms with Gasteiger partial charge in [0.1, 0.15) is 0 Å². The molecule has 1 aliphatic rings. The zero-order chi connectivity index (χ0) is 15.5. The van der Waals surface area contributed by atoms with Crippen molar-refractivity contribution in [3.05, 3.63) is 29.8 Å². The van der Waals surface area contributed by atoms with Crippen LogP contribution in [0.15, 0.2) is 29.2 Å². The molecule has 6 nitrogen and oxygen atoms in total. The molecule has 1 fully saturated rings. The Labute approximate surface area is 124 Å². The number of methoxy groups -OCH3 is 1. The first kappa shape index (κ1) is 15.9. The van der Waals surface area contributed by atoms with Crippen LogP contribution in [0.4, 0.5) is 0 Å². The van der Waals surface area contributed by atoms with Crippen LogP contribution in [-0.4, -0.2) is 50.1 Å². The number of carboxylic acids is 1. The third-order valence-electron chi connectivity index (χ3n) is 3.59. The van der Waals surface area contributed by atoms with Gasteiger partial charge in [-0.2, -0.15) is 4.31 Å². The lowest BCUT2D eigenvalue weighted by molar-refractivity contribution is -0.136. The highest BCUT2D eigenvalue weighted by molar-refractivity contribution is 7.89. The summed E-state index contributed by atoms with van der Waals surface area (Å²) in [5.41, 5.74) is 0.579. The Morgan fingerprint density at radius 3 is 2.62 bits per heavy atom. The number of rotatable bonds is 5. The van der Waals surface area contributed by atoms with Gasteiger partial charge >= 0.3 is 5.97 Å². The molecule has 0 aliphatic carbocycles. The standard InChI is InChI=1S/C14H19NO5S/c1-20-12-3-2-8-15(10-12)21(18,19)13-6-4-11(5-7-13)9-14(16)17/h4-7,12H,2-3,8-10H2,1H3,(H,16,17). The Hall–Kier alpha value is -1.44. The lowest BCUT2D eigenvalue weighted by Crippen LogP contribution is -2.42. The van der Waals surface area contributed by atoms with E-state index < -0.39 is 16.0 Å². The molecule has 1 aromatic carbocycles. The van der Waals surface area contributed by atoms with Crippen LogP contribution in [0.5, 0.6) is 0 Å². The number of sulfonamides is 1. The van der Waals surface area contributed by atoms with E-state index in [0.717, 1.165) is 12.8 Å². The Balaban J connectivity index is 2.17. The van der Waals surface area contributed by atoms with Gasteiger partial charge in [-0.3, -0.25) is 4.79 Å². The zero-order valence-electron chi connectivity index (χ0n) is 11.9. The van der Waals surface area contributed by atoms with Gasteiger partial charge in [0.05, 0.1) is 17.4 Å². The largest absolute Gasteiger partial charge is 0.481 e. The van der Waals surface area contributed by atoms with Crippen molar-refractivity contribution in [3.8, 4) is 0 Å². The number of ether oxygens (including phenoxy) is 1. The molecule has 2 rings (SSSR count). The summed E-state index contributed by atoms with van der Waals surface area (Å²) < 4.78 is 31.7. The lowest BCUT2D eigenvalue weighted by Gasteiger charge is -2.31. The van der Waals surface area contributed by atoms with Crippen LogP contribution < -0.4 is 0 Å². The van der Waals surface area contributed by atoms with Crippen LogP contribution in [0.25, 0.3) is 0 Å². The van der Waals surface area contributed by atoms with Crippen molar-refractivity contribution in [1.82, 2.24) is 4.31 Å². The molecule has 1 atom stereocenters. The zero-order valence-corrected chi connectivity index (χ0v) is 12.7. The van der Waals surface area contributed by atoms with Gasteiger partial charge in [0, 0.05) is 20.2 Å². The number of aliphatic carboxylic acids is 1. The minimum absolute atomic E-state index is 0.0696. The van der Waals surface area contributed by atoms with E-state index in [4.69, 9.17) is 9.84 Å². The summed E-state index contributed by atoms with van der Waals surface area (Å²) in [5, 5.41) is 8.72. The molecule has 1 heterocycles. The van der Waals surface area contributed by atoms with Crippen molar-refractivity contribution in [3.63, 3.8) is 0 Å². The summed E-state index contributed by atoms with van der Waals surface area (Å²) in [6, 6.07) is 6.01. The Morgan fingerprint density at radius 2 is 2.05 bits per heavy atom. The maximum absolute atomic E-state index is 12.5. The molecule has 21 heavy (non-hydrogen) atoms. The minimum atomic E-state index is -3.54. The van der Waals surface area contributed by atoms with Crippen molar-refractivity contribution in [2.45, 2.75) is 30.3 Å². The second-order valence-electron chi connectivity index (χ2n) is 5.08. The van der Waals surface area contributed by atoms with Gasteiger partial charge in [-0.25, -0.2) is 8.42 Å². The second kappa shape index (κ2) is 6.55. The van der Waals surface area contributed by atoms with E-state index in [1.54, 1.807) is 19.2 Å². The van der Waals surface area contributed by atoms with Crippen molar-refractivity contribution in [1.29, 1.82) is 0 Å². The summed E-state index contributed by atoms with van der Waals surface area (Å²) in [6.07, 6.45) is 1.45. The van der Waals surface area contributed by atoms with E-state index in [9.17, 15) is 13.2 Å². The molecule has 116 valence electrons. The van der Waals surface area contributed by atoms with Gasteiger partial charge in [0.2, 0.25) is 10.0 Å². The highest BCUT2D eigenvalue weighted by atomic mass is 32.2. The van der Waals surface area contributed by atoms with Crippen LogP contribution in [0.3, 0.4) is 0 Å². The van der Waals surface area contributed by atoms with Crippen molar-refractivity contribution in [2.24, 2.45) is 0 Å². The molecule has 0 radical (unpaired) electrons. The maximum atomic E-state index is 12.5. The summed E-state index contributed by atoms with van der Waals surface area (Å²) in [7, 11) is -1.96. The molecule has 1 unspecified atom stereocenters. The van der Waals surface area contributed by atoms with Gasteiger partial charge in [-0.1, -0.05) is 12.1 Å². The van der Waals surface area contributed by atoms with E-state index in [0.29, 0.717) is 18.7 Å². The highest BCUT2D eigenvalue weighted by Crippen LogP contribution is 2.22. The molecule has 1 aliphatic heterocycles. The summed E-state index contributed by atoms with van der Waals surface area (Å²) in [6.45, 7) is 0.842. The summed E-state index contributed by atoms with van der Waals surface area (Å²) >= 11 is 0. The fourth-order valence-corrected chi connectivity index (χ4v) is 3.93. The molecule has 1 aromatic rings. The van der Waals surface area contributed by atoms with Crippen molar-refractivity contribution < 1.29 is 23.1 Å². The molecule has 0 spiro atoms. The topological polar surface area (TPSA) is 83.9 Å². The first-order valence-corrected chi connectivity index (χ1v) is 8.21.